The van der Waals surface area contributed by atoms with Crippen LogP contribution in [0.25, 0.3) is 0 Å². The Labute approximate surface area is 119 Å². The zero-order valence-electron chi connectivity index (χ0n) is 12.6. The topological polar surface area (TPSA) is 69.3 Å². The number of aromatic amines is 1. The Morgan fingerprint density at radius 2 is 1.85 bits per heavy atom. The maximum atomic E-state index is 12.5. The molecule has 2 amide bonds. The van der Waals surface area contributed by atoms with Gasteiger partial charge in [-0.05, 0) is 26.7 Å². The van der Waals surface area contributed by atoms with Crippen molar-refractivity contribution >= 4 is 11.8 Å². The molecular weight excluding hydrogens is 256 g/mol. The number of hydrogen-bond donors (Lipinski definition) is 1. The van der Waals surface area contributed by atoms with Crippen LogP contribution in [0.15, 0.2) is 0 Å². The molecule has 1 saturated heterocycles. The Kier molecular flexibility index (Phi) is 4.11. The summed E-state index contributed by atoms with van der Waals surface area (Å²) < 4.78 is 0. The van der Waals surface area contributed by atoms with Gasteiger partial charge in [0.05, 0.1) is 11.3 Å². The second-order valence-electron chi connectivity index (χ2n) is 5.61. The molecule has 6 heteroatoms. The Morgan fingerprint density at radius 3 is 2.30 bits per heavy atom. The summed E-state index contributed by atoms with van der Waals surface area (Å²) in [6.07, 6.45) is 1.47. The fourth-order valence-corrected chi connectivity index (χ4v) is 2.72. The summed E-state index contributed by atoms with van der Waals surface area (Å²) in [5.41, 5.74) is 2.21. The molecule has 1 aliphatic rings. The molecule has 0 bridgehead atoms. The van der Waals surface area contributed by atoms with Crippen molar-refractivity contribution in [1.82, 2.24) is 20.0 Å². The highest BCUT2D eigenvalue weighted by Crippen LogP contribution is 2.22. The van der Waals surface area contributed by atoms with Gasteiger partial charge in [-0.1, -0.05) is 0 Å². The van der Waals surface area contributed by atoms with Gasteiger partial charge in [0.25, 0.3) is 5.91 Å². The van der Waals surface area contributed by atoms with E-state index in [1.54, 1.807) is 19.0 Å². The standard InChI is InChI=1S/C14H22N4O2/c1-9-12(10(2)16-15-9)14(20)18-7-5-11(6-8-18)13(19)17(3)4/h11H,5-8H2,1-4H3,(H,15,16). The first kappa shape index (κ1) is 14.6. The lowest BCUT2D eigenvalue weighted by Gasteiger charge is -2.32. The number of nitrogens with one attached hydrogen (secondary N) is 1. The zero-order valence-corrected chi connectivity index (χ0v) is 12.6. The van der Waals surface area contributed by atoms with E-state index in [-0.39, 0.29) is 17.7 Å². The first-order valence-electron chi connectivity index (χ1n) is 6.93. The molecule has 1 aromatic rings. The number of H-pyrrole nitrogens is 1. The quantitative estimate of drug-likeness (QED) is 0.876. The molecule has 1 N–H and O–H groups in total. The number of aromatic nitrogens is 2. The lowest BCUT2D eigenvalue weighted by Crippen LogP contribution is -2.43. The molecule has 1 fully saturated rings. The van der Waals surface area contributed by atoms with Gasteiger partial charge in [0.15, 0.2) is 0 Å². The van der Waals surface area contributed by atoms with Crippen LogP contribution in [0.4, 0.5) is 0 Å². The van der Waals surface area contributed by atoms with Gasteiger partial charge in [-0.15, -0.1) is 0 Å². The summed E-state index contributed by atoms with van der Waals surface area (Å²) in [7, 11) is 3.55. The van der Waals surface area contributed by atoms with Gasteiger partial charge in [0.2, 0.25) is 5.91 Å². The minimum absolute atomic E-state index is 0.0181. The Hall–Kier alpha value is -1.85. The number of hydrogen-bond acceptors (Lipinski definition) is 3. The van der Waals surface area contributed by atoms with E-state index < -0.39 is 0 Å². The fraction of sp³-hybridized carbons (Fsp3) is 0.643. The normalized spacial score (nSPS) is 16.3. The van der Waals surface area contributed by atoms with Crippen molar-refractivity contribution in [2.75, 3.05) is 27.2 Å². The molecule has 0 aliphatic carbocycles. The van der Waals surface area contributed by atoms with Gasteiger partial charge in [-0.3, -0.25) is 14.7 Å². The summed E-state index contributed by atoms with van der Waals surface area (Å²) in [6, 6.07) is 0. The molecule has 0 saturated carbocycles. The molecule has 0 radical (unpaired) electrons. The lowest BCUT2D eigenvalue weighted by molar-refractivity contribution is -0.134. The van der Waals surface area contributed by atoms with Gasteiger partial charge in [-0.25, -0.2) is 0 Å². The summed E-state index contributed by atoms with van der Waals surface area (Å²) in [5.74, 6) is 0.220. The van der Waals surface area contributed by atoms with Crippen molar-refractivity contribution in [3.05, 3.63) is 17.0 Å². The average molecular weight is 278 g/mol. The van der Waals surface area contributed by atoms with Crippen molar-refractivity contribution in [3.63, 3.8) is 0 Å². The van der Waals surface area contributed by atoms with Crippen molar-refractivity contribution < 1.29 is 9.59 Å². The van der Waals surface area contributed by atoms with Crippen LogP contribution < -0.4 is 0 Å². The Balaban J connectivity index is 2.01. The molecule has 0 unspecified atom stereocenters. The minimum atomic E-state index is 0.0181. The van der Waals surface area contributed by atoms with E-state index in [4.69, 9.17) is 0 Å². The summed E-state index contributed by atoms with van der Waals surface area (Å²) in [5, 5.41) is 6.91. The third-order valence-electron chi connectivity index (χ3n) is 3.91. The van der Waals surface area contributed by atoms with Crippen molar-refractivity contribution in [2.45, 2.75) is 26.7 Å². The number of amides is 2. The van der Waals surface area contributed by atoms with Crippen LogP contribution in [0.1, 0.15) is 34.6 Å². The Morgan fingerprint density at radius 1 is 1.25 bits per heavy atom. The van der Waals surface area contributed by atoms with Crippen molar-refractivity contribution in [1.29, 1.82) is 0 Å². The number of carbonyl (C=O) groups excluding carboxylic acids is 2. The maximum absolute atomic E-state index is 12.5. The van der Waals surface area contributed by atoms with E-state index in [1.165, 1.54) is 0 Å². The first-order valence-corrected chi connectivity index (χ1v) is 6.93. The predicted molar refractivity (Wildman–Crippen MR) is 75.4 cm³/mol. The smallest absolute Gasteiger partial charge is 0.257 e. The second kappa shape index (κ2) is 5.64. The monoisotopic (exact) mass is 278 g/mol. The maximum Gasteiger partial charge on any atom is 0.257 e. The number of likely N-dealkylation sites (tertiary alicyclic amines) is 1. The highest BCUT2D eigenvalue weighted by Gasteiger charge is 2.30. The van der Waals surface area contributed by atoms with Gasteiger partial charge >= 0.3 is 0 Å². The average Bonchev–Trinajstić information content (AvgIpc) is 2.76. The van der Waals surface area contributed by atoms with Crippen LogP contribution in [0, 0.1) is 19.8 Å². The molecule has 1 aromatic heterocycles. The predicted octanol–water partition coefficient (Wildman–Crippen LogP) is 0.967. The van der Waals surface area contributed by atoms with Gasteiger partial charge in [0.1, 0.15) is 0 Å². The molecule has 0 aromatic carbocycles. The van der Waals surface area contributed by atoms with Crippen LogP contribution in [-0.2, 0) is 4.79 Å². The highest BCUT2D eigenvalue weighted by molar-refractivity contribution is 5.96. The van der Waals surface area contributed by atoms with Crippen LogP contribution in [-0.4, -0.2) is 59.0 Å². The lowest BCUT2D eigenvalue weighted by atomic mass is 9.95. The zero-order chi connectivity index (χ0) is 14.9. The van der Waals surface area contributed by atoms with E-state index in [0.717, 1.165) is 24.2 Å². The molecule has 20 heavy (non-hydrogen) atoms. The van der Waals surface area contributed by atoms with Crippen molar-refractivity contribution in [2.24, 2.45) is 5.92 Å². The van der Waals surface area contributed by atoms with E-state index in [2.05, 4.69) is 10.2 Å². The van der Waals surface area contributed by atoms with Gasteiger partial charge in [0, 0.05) is 38.8 Å². The fourth-order valence-electron chi connectivity index (χ4n) is 2.72. The van der Waals surface area contributed by atoms with Crippen LogP contribution >= 0.6 is 0 Å². The van der Waals surface area contributed by atoms with Gasteiger partial charge in [-0.2, -0.15) is 5.10 Å². The van der Waals surface area contributed by atoms with E-state index >= 15 is 0 Å². The largest absolute Gasteiger partial charge is 0.349 e. The molecule has 2 heterocycles. The Bertz CT molecular complexity index is 494. The number of rotatable bonds is 2. The number of nitrogens with zero attached hydrogens (tertiary/aromatic N) is 3. The number of carbonyl (C=O) groups is 2. The van der Waals surface area contributed by atoms with E-state index in [1.807, 2.05) is 18.7 Å². The first-order chi connectivity index (χ1) is 9.41. The minimum Gasteiger partial charge on any atom is -0.349 e. The number of aryl methyl sites for hydroxylation is 2. The van der Waals surface area contributed by atoms with E-state index in [0.29, 0.717) is 18.7 Å². The molecule has 6 nitrogen and oxygen atoms in total. The SMILES string of the molecule is Cc1n[nH]c(C)c1C(=O)N1CCC(C(=O)N(C)C)CC1. The third-order valence-corrected chi connectivity index (χ3v) is 3.91. The molecule has 0 atom stereocenters. The summed E-state index contributed by atoms with van der Waals surface area (Å²) in [6.45, 7) is 4.95. The summed E-state index contributed by atoms with van der Waals surface area (Å²) in [4.78, 5) is 27.9. The van der Waals surface area contributed by atoms with Crippen LogP contribution in [0.3, 0.4) is 0 Å². The van der Waals surface area contributed by atoms with Crippen LogP contribution in [0.5, 0.6) is 0 Å². The molecule has 0 spiro atoms. The molecular formula is C14H22N4O2. The molecule has 110 valence electrons. The van der Waals surface area contributed by atoms with E-state index in [9.17, 15) is 9.59 Å². The van der Waals surface area contributed by atoms with Crippen molar-refractivity contribution in [3.8, 4) is 0 Å². The highest BCUT2D eigenvalue weighted by atomic mass is 16.2. The third kappa shape index (κ3) is 2.69. The van der Waals surface area contributed by atoms with Crippen LogP contribution in [0.2, 0.25) is 0 Å². The summed E-state index contributed by atoms with van der Waals surface area (Å²) >= 11 is 0. The number of piperidine rings is 1. The second-order valence-corrected chi connectivity index (χ2v) is 5.61. The molecule has 2 rings (SSSR count). The van der Waals surface area contributed by atoms with Gasteiger partial charge < -0.3 is 9.80 Å². The molecule has 1 aliphatic heterocycles.